The fourth-order valence-corrected chi connectivity index (χ4v) is 1.86. The lowest BCUT2D eigenvalue weighted by Gasteiger charge is -2.10. The summed E-state index contributed by atoms with van der Waals surface area (Å²) >= 11 is 0. The van der Waals surface area contributed by atoms with Crippen LogP contribution in [0.4, 0.5) is 5.69 Å². The number of halogens is 1. The molecule has 2 rings (SSSR count). The minimum atomic E-state index is 0. The molecule has 0 aliphatic heterocycles. The van der Waals surface area contributed by atoms with E-state index in [0.29, 0.717) is 24.2 Å². The summed E-state index contributed by atoms with van der Waals surface area (Å²) < 4.78 is 0. The van der Waals surface area contributed by atoms with E-state index in [0.717, 1.165) is 12.1 Å². The van der Waals surface area contributed by atoms with Crippen LogP contribution in [0.15, 0.2) is 29.3 Å². The molecule has 1 heterocycles. The molecule has 0 fully saturated rings. The SMILES string of the molecule is CCC(C)c1ccc(NC(N)=NCc2nnn(C)n2)cc1.I. The number of tetrazole rings is 1. The third kappa shape index (κ3) is 5.24. The smallest absolute Gasteiger partial charge is 0.196 e. The second kappa shape index (κ2) is 8.66. The van der Waals surface area contributed by atoms with E-state index < -0.39 is 0 Å². The van der Waals surface area contributed by atoms with E-state index >= 15 is 0 Å². The van der Waals surface area contributed by atoms with Crippen LogP contribution in [0.25, 0.3) is 0 Å². The van der Waals surface area contributed by atoms with Gasteiger partial charge >= 0.3 is 0 Å². The van der Waals surface area contributed by atoms with Gasteiger partial charge in [-0.1, -0.05) is 26.0 Å². The summed E-state index contributed by atoms with van der Waals surface area (Å²) in [5.41, 5.74) is 8.07. The first-order valence-corrected chi connectivity index (χ1v) is 6.98. The van der Waals surface area contributed by atoms with Crippen LogP contribution in [0.5, 0.6) is 0 Å². The number of hydrogen-bond donors (Lipinski definition) is 2. The minimum absolute atomic E-state index is 0. The molecule has 1 aromatic carbocycles. The second-order valence-electron chi connectivity index (χ2n) is 4.95. The molecule has 7 nitrogen and oxygen atoms in total. The summed E-state index contributed by atoms with van der Waals surface area (Å²) in [5.74, 6) is 1.43. The summed E-state index contributed by atoms with van der Waals surface area (Å²) in [4.78, 5) is 5.57. The fourth-order valence-electron chi connectivity index (χ4n) is 1.86. The maximum Gasteiger partial charge on any atom is 0.196 e. The fraction of sp³-hybridized carbons (Fsp3) is 0.429. The van der Waals surface area contributed by atoms with Gasteiger partial charge in [0.1, 0.15) is 6.54 Å². The van der Waals surface area contributed by atoms with E-state index in [1.165, 1.54) is 10.4 Å². The number of nitrogens with zero attached hydrogens (tertiary/aromatic N) is 5. The molecule has 2 aromatic rings. The van der Waals surface area contributed by atoms with Gasteiger partial charge in [-0.05, 0) is 35.2 Å². The quantitative estimate of drug-likeness (QED) is 0.444. The summed E-state index contributed by atoms with van der Waals surface area (Å²) in [6.45, 7) is 4.70. The molecule has 22 heavy (non-hydrogen) atoms. The topological polar surface area (TPSA) is 94.0 Å². The highest BCUT2D eigenvalue weighted by Gasteiger charge is 2.03. The maximum atomic E-state index is 5.84. The number of guanidine groups is 1. The van der Waals surface area contributed by atoms with Gasteiger partial charge in [0.15, 0.2) is 11.8 Å². The molecule has 1 aromatic heterocycles. The summed E-state index contributed by atoms with van der Waals surface area (Å²) in [7, 11) is 1.71. The van der Waals surface area contributed by atoms with E-state index in [1.807, 2.05) is 12.1 Å². The molecule has 0 aliphatic rings. The first kappa shape index (κ1) is 18.3. The lowest BCUT2D eigenvalue weighted by molar-refractivity contribution is 0.627. The molecule has 0 aliphatic carbocycles. The Kier molecular flexibility index (Phi) is 7.22. The first-order chi connectivity index (χ1) is 10.1. The minimum Gasteiger partial charge on any atom is -0.370 e. The molecule has 0 saturated carbocycles. The van der Waals surface area contributed by atoms with Gasteiger partial charge in [-0.2, -0.15) is 4.80 Å². The average Bonchev–Trinajstić information content (AvgIpc) is 2.91. The van der Waals surface area contributed by atoms with Gasteiger partial charge < -0.3 is 11.1 Å². The number of aromatic nitrogens is 4. The van der Waals surface area contributed by atoms with Gasteiger partial charge in [0.25, 0.3) is 0 Å². The largest absolute Gasteiger partial charge is 0.370 e. The van der Waals surface area contributed by atoms with Gasteiger partial charge in [0, 0.05) is 5.69 Å². The molecule has 3 N–H and O–H groups in total. The van der Waals surface area contributed by atoms with Crippen molar-refractivity contribution in [1.82, 2.24) is 20.2 Å². The van der Waals surface area contributed by atoms with Gasteiger partial charge in [-0.25, -0.2) is 4.99 Å². The van der Waals surface area contributed by atoms with Crippen LogP contribution in [-0.4, -0.2) is 26.2 Å². The number of rotatable bonds is 5. The highest BCUT2D eigenvalue weighted by atomic mass is 127. The third-order valence-electron chi connectivity index (χ3n) is 3.31. The van der Waals surface area contributed by atoms with Crippen molar-refractivity contribution in [3.63, 3.8) is 0 Å². The molecule has 8 heteroatoms. The zero-order chi connectivity index (χ0) is 15.2. The Labute approximate surface area is 147 Å². The van der Waals surface area contributed by atoms with Crippen LogP contribution in [0, 0.1) is 0 Å². The number of aliphatic imine (C=N–C) groups is 1. The Morgan fingerprint density at radius 2 is 2.05 bits per heavy atom. The van der Waals surface area contributed by atoms with E-state index in [2.05, 4.69) is 51.7 Å². The zero-order valence-corrected chi connectivity index (χ0v) is 15.4. The zero-order valence-electron chi connectivity index (χ0n) is 13.0. The van der Waals surface area contributed by atoms with Crippen LogP contribution in [0.2, 0.25) is 0 Å². The molecular weight excluding hydrogens is 393 g/mol. The Morgan fingerprint density at radius 3 is 2.59 bits per heavy atom. The first-order valence-electron chi connectivity index (χ1n) is 6.98. The summed E-state index contributed by atoms with van der Waals surface area (Å²) in [5, 5.41) is 14.7. The number of hydrogen-bond acceptors (Lipinski definition) is 4. The normalized spacial score (nSPS) is 12.6. The van der Waals surface area contributed by atoms with Crippen molar-refractivity contribution in [1.29, 1.82) is 0 Å². The van der Waals surface area contributed by atoms with Gasteiger partial charge in [0.05, 0.1) is 7.05 Å². The van der Waals surface area contributed by atoms with Crippen molar-refractivity contribution in [2.45, 2.75) is 32.7 Å². The van der Waals surface area contributed by atoms with Crippen LogP contribution >= 0.6 is 24.0 Å². The maximum absolute atomic E-state index is 5.84. The highest BCUT2D eigenvalue weighted by molar-refractivity contribution is 14.0. The molecule has 0 saturated heterocycles. The van der Waals surface area contributed by atoms with Crippen molar-refractivity contribution in [2.75, 3.05) is 5.32 Å². The predicted molar refractivity (Wildman–Crippen MR) is 98.3 cm³/mol. The van der Waals surface area contributed by atoms with Crippen LogP contribution in [0.1, 0.15) is 37.6 Å². The van der Waals surface area contributed by atoms with Gasteiger partial charge in [-0.3, -0.25) is 0 Å². The van der Waals surface area contributed by atoms with Crippen molar-refractivity contribution < 1.29 is 0 Å². The predicted octanol–water partition coefficient (Wildman–Crippen LogP) is 2.27. The summed E-state index contributed by atoms with van der Waals surface area (Å²) in [6.07, 6.45) is 1.13. The number of nitrogens with one attached hydrogen (secondary N) is 1. The molecule has 1 unspecified atom stereocenters. The number of aryl methyl sites for hydroxylation is 1. The number of benzene rings is 1. The molecule has 0 amide bonds. The summed E-state index contributed by atoms with van der Waals surface area (Å²) in [6, 6.07) is 8.22. The van der Waals surface area contributed by atoms with E-state index in [1.54, 1.807) is 7.05 Å². The Balaban J connectivity index is 0.00000242. The van der Waals surface area contributed by atoms with Crippen molar-refractivity contribution >= 4 is 35.6 Å². The van der Waals surface area contributed by atoms with E-state index in [-0.39, 0.29) is 24.0 Å². The lowest BCUT2D eigenvalue weighted by Crippen LogP contribution is -2.22. The van der Waals surface area contributed by atoms with Crippen LogP contribution in [0.3, 0.4) is 0 Å². The monoisotopic (exact) mass is 415 g/mol. The van der Waals surface area contributed by atoms with E-state index in [9.17, 15) is 0 Å². The highest BCUT2D eigenvalue weighted by Crippen LogP contribution is 2.20. The molecule has 120 valence electrons. The van der Waals surface area contributed by atoms with Crippen LogP contribution in [-0.2, 0) is 13.6 Å². The Bertz CT molecular complexity index is 606. The average molecular weight is 415 g/mol. The molecule has 1 atom stereocenters. The Morgan fingerprint density at radius 1 is 1.36 bits per heavy atom. The molecule has 0 spiro atoms. The van der Waals surface area contributed by atoms with Crippen molar-refractivity contribution in [3.05, 3.63) is 35.7 Å². The third-order valence-corrected chi connectivity index (χ3v) is 3.31. The van der Waals surface area contributed by atoms with Crippen LogP contribution < -0.4 is 11.1 Å². The molecule has 0 radical (unpaired) electrons. The molecular formula is C14H22IN7. The Hall–Kier alpha value is -1.71. The second-order valence-corrected chi connectivity index (χ2v) is 4.95. The van der Waals surface area contributed by atoms with Gasteiger partial charge in [-0.15, -0.1) is 34.2 Å². The standard InChI is InChI=1S/C14H21N7.HI/c1-4-10(2)11-5-7-12(8-6-11)17-14(15)16-9-13-18-20-21(3)19-13;/h5-8,10H,4,9H2,1-3H3,(H3,15,16,17);1H. The lowest BCUT2D eigenvalue weighted by atomic mass is 9.99. The van der Waals surface area contributed by atoms with Crippen molar-refractivity contribution in [2.24, 2.45) is 17.8 Å². The molecule has 0 bridgehead atoms. The number of nitrogens with two attached hydrogens (primary N) is 1. The number of anilines is 1. The van der Waals surface area contributed by atoms with E-state index in [4.69, 9.17) is 5.73 Å². The van der Waals surface area contributed by atoms with Gasteiger partial charge in [0.2, 0.25) is 0 Å². The van der Waals surface area contributed by atoms with Crippen molar-refractivity contribution in [3.8, 4) is 0 Å².